The highest BCUT2D eigenvalue weighted by atomic mass is 32.2. The predicted molar refractivity (Wildman–Crippen MR) is 95.9 cm³/mol. The molecule has 0 radical (unpaired) electrons. The lowest BCUT2D eigenvalue weighted by molar-refractivity contribution is 0.0989. The minimum atomic E-state index is -4.54. The SMILES string of the molecule is COc1cc(F)c(S(=O)(=O)Oc2ccc(C)c3c2C(=O)C[C@@H]3C)cc1OC. The van der Waals surface area contributed by atoms with Crippen LogP contribution in [0.1, 0.15) is 40.7 Å². The number of carbonyl (C=O) groups is 1. The zero-order valence-corrected chi connectivity index (χ0v) is 16.1. The first kappa shape index (κ1) is 19.2. The number of rotatable bonds is 5. The van der Waals surface area contributed by atoms with Gasteiger partial charge in [-0.2, -0.15) is 8.42 Å². The maximum Gasteiger partial charge on any atom is 0.342 e. The topological polar surface area (TPSA) is 78.9 Å². The van der Waals surface area contributed by atoms with Gasteiger partial charge in [-0.05, 0) is 30.0 Å². The third-order valence-electron chi connectivity index (χ3n) is 4.60. The molecule has 2 aromatic carbocycles. The van der Waals surface area contributed by atoms with E-state index in [1.54, 1.807) is 6.07 Å². The van der Waals surface area contributed by atoms with Gasteiger partial charge in [0.15, 0.2) is 23.0 Å². The van der Waals surface area contributed by atoms with Crippen LogP contribution in [-0.2, 0) is 10.1 Å². The smallest absolute Gasteiger partial charge is 0.342 e. The summed E-state index contributed by atoms with van der Waals surface area (Å²) in [6, 6.07) is 4.99. The van der Waals surface area contributed by atoms with Gasteiger partial charge in [0.2, 0.25) is 0 Å². The van der Waals surface area contributed by atoms with E-state index in [-0.39, 0.29) is 40.9 Å². The number of hydrogen-bond donors (Lipinski definition) is 0. The first-order chi connectivity index (χ1) is 12.7. The molecule has 0 heterocycles. The molecule has 8 heteroatoms. The Kier molecular flexibility index (Phi) is 4.86. The second kappa shape index (κ2) is 6.84. The van der Waals surface area contributed by atoms with Crippen LogP contribution in [-0.4, -0.2) is 28.4 Å². The van der Waals surface area contributed by atoms with Crippen LogP contribution in [0.25, 0.3) is 0 Å². The molecule has 27 heavy (non-hydrogen) atoms. The van der Waals surface area contributed by atoms with E-state index in [2.05, 4.69) is 0 Å². The Morgan fingerprint density at radius 2 is 1.70 bits per heavy atom. The van der Waals surface area contributed by atoms with Gasteiger partial charge in [-0.15, -0.1) is 0 Å². The molecular weight excluding hydrogens is 375 g/mol. The van der Waals surface area contributed by atoms with Gasteiger partial charge in [-0.3, -0.25) is 4.79 Å². The molecule has 0 N–H and O–H groups in total. The van der Waals surface area contributed by atoms with Crippen molar-refractivity contribution < 1.29 is 31.3 Å². The zero-order valence-electron chi connectivity index (χ0n) is 15.3. The Bertz CT molecular complexity index is 1030. The lowest BCUT2D eigenvalue weighted by atomic mass is 9.98. The van der Waals surface area contributed by atoms with E-state index >= 15 is 0 Å². The Balaban J connectivity index is 2.09. The van der Waals surface area contributed by atoms with Gasteiger partial charge in [0.25, 0.3) is 0 Å². The summed E-state index contributed by atoms with van der Waals surface area (Å²) in [5, 5.41) is 0. The van der Waals surface area contributed by atoms with Crippen LogP contribution >= 0.6 is 0 Å². The summed E-state index contributed by atoms with van der Waals surface area (Å²) in [5.74, 6) is -1.28. The predicted octanol–water partition coefficient (Wildman–Crippen LogP) is 3.61. The van der Waals surface area contributed by atoms with Crippen molar-refractivity contribution in [3.8, 4) is 17.2 Å². The van der Waals surface area contributed by atoms with Crippen molar-refractivity contribution >= 4 is 15.9 Å². The van der Waals surface area contributed by atoms with Crippen molar-refractivity contribution in [3.63, 3.8) is 0 Å². The van der Waals surface area contributed by atoms with Crippen LogP contribution in [0.15, 0.2) is 29.2 Å². The van der Waals surface area contributed by atoms with Gasteiger partial charge < -0.3 is 13.7 Å². The van der Waals surface area contributed by atoms with Crippen LogP contribution in [0.4, 0.5) is 4.39 Å². The number of fused-ring (bicyclic) bond motifs is 1. The number of benzene rings is 2. The van der Waals surface area contributed by atoms with Crippen LogP contribution in [0.3, 0.4) is 0 Å². The molecule has 2 aromatic rings. The molecule has 0 unspecified atom stereocenters. The van der Waals surface area contributed by atoms with E-state index in [0.717, 1.165) is 23.3 Å². The Labute approximate surface area is 157 Å². The highest BCUT2D eigenvalue weighted by molar-refractivity contribution is 7.87. The summed E-state index contributed by atoms with van der Waals surface area (Å²) in [5.41, 5.74) is 1.89. The third kappa shape index (κ3) is 3.25. The standard InChI is InChI=1S/C19H19FO6S/c1-10-5-6-14(19-13(21)7-11(2)18(10)19)26-27(22,23)17-9-16(25-4)15(24-3)8-12(17)20/h5-6,8-9,11H,7H2,1-4H3/t11-/m0/s1. The third-order valence-corrected chi connectivity index (χ3v) is 5.85. The molecule has 3 rings (SSSR count). The first-order valence-electron chi connectivity index (χ1n) is 8.22. The number of methoxy groups -OCH3 is 2. The summed E-state index contributed by atoms with van der Waals surface area (Å²) in [7, 11) is -1.92. The molecular formula is C19H19FO6S. The van der Waals surface area contributed by atoms with Crippen molar-refractivity contribution in [1.82, 2.24) is 0 Å². The molecule has 0 saturated heterocycles. The van der Waals surface area contributed by atoms with Crippen molar-refractivity contribution in [3.05, 3.63) is 46.8 Å². The highest BCUT2D eigenvalue weighted by Gasteiger charge is 2.33. The summed E-state index contributed by atoms with van der Waals surface area (Å²) in [6.07, 6.45) is 0.279. The number of ether oxygens (including phenoxy) is 2. The van der Waals surface area contributed by atoms with Gasteiger partial charge in [-0.1, -0.05) is 13.0 Å². The lowest BCUT2D eigenvalue weighted by Crippen LogP contribution is -2.14. The Morgan fingerprint density at radius 1 is 1.07 bits per heavy atom. The molecule has 1 atom stereocenters. The number of ketones is 1. The van der Waals surface area contributed by atoms with Gasteiger partial charge in [0.05, 0.1) is 19.8 Å². The fourth-order valence-corrected chi connectivity index (χ4v) is 4.38. The molecule has 1 aliphatic carbocycles. The monoisotopic (exact) mass is 394 g/mol. The molecule has 1 aliphatic rings. The quantitative estimate of drug-likeness (QED) is 0.721. The van der Waals surface area contributed by atoms with Crippen LogP contribution < -0.4 is 13.7 Å². The number of halogens is 1. The van der Waals surface area contributed by atoms with E-state index in [4.69, 9.17) is 13.7 Å². The van der Waals surface area contributed by atoms with Gasteiger partial charge in [0.1, 0.15) is 10.7 Å². The molecule has 0 bridgehead atoms. The zero-order chi connectivity index (χ0) is 19.9. The van der Waals surface area contributed by atoms with Crippen LogP contribution in [0, 0.1) is 12.7 Å². The Morgan fingerprint density at radius 3 is 2.33 bits per heavy atom. The molecule has 0 amide bonds. The molecule has 0 saturated carbocycles. The van der Waals surface area contributed by atoms with Crippen molar-refractivity contribution in [1.29, 1.82) is 0 Å². The second-order valence-electron chi connectivity index (χ2n) is 6.37. The minimum absolute atomic E-state index is 0.0310. The van der Waals surface area contributed by atoms with Crippen molar-refractivity contribution in [2.24, 2.45) is 0 Å². The lowest BCUT2D eigenvalue weighted by Gasteiger charge is -2.15. The minimum Gasteiger partial charge on any atom is -0.493 e. The Hall–Kier alpha value is -2.61. The summed E-state index contributed by atoms with van der Waals surface area (Å²) >= 11 is 0. The van der Waals surface area contributed by atoms with E-state index in [0.29, 0.717) is 0 Å². The van der Waals surface area contributed by atoms with E-state index in [1.165, 1.54) is 20.3 Å². The number of aryl methyl sites for hydroxylation is 1. The summed E-state index contributed by atoms with van der Waals surface area (Å²) in [4.78, 5) is 11.6. The molecule has 0 spiro atoms. The largest absolute Gasteiger partial charge is 0.493 e. The average Bonchev–Trinajstić information content (AvgIpc) is 2.92. The maximum atomic E-state index is 14.4. The molecule has 0 aliphatic heterocycles. The first-order valence-corrected chi connectivity index (χ1v) is 9.63. The highest BCUT2D eigenvalue weighted by Crippen LogP contribution is 2.41. The number of hydrogen-bond acceptors (Lipinski definition) is 6. The van der Waals surface area contributed by atoms with Crippen LogP contribution in [0.5, 0.6) is 17.2 Å². The van der Waals surface area contributed by atoms with Gasteiger partial charge in [0, 0.05) is 18.6 Å². The van der Waals surface area contributed by atoms with E-state index in [9.17, 15) is 17.6 Å². The van der Waals surface area contributed by atoms with Crippen molar-refractivity contribution in [2.45, 2.75) is 31.1 Å². The fraction of sp³-hybridized carbons (Fsp3) is 0.316. The maximum absolute atomic E-state index is 14.4. The van der Waals surface area contributed by atoms with E-state index < -0.39 is 20.8 Å². The summed E-state index contributed by atoms with van der Waals surface area (Å²) in [6.45, 7) is 3.74. The fourth-order valence-electron chi connectivity index (χ4n) is 3.37. The molecule has 6 nitrogen and oxygen atoms in total. The van der Waals surface area contributed by atoms with Gasteiger partial charge in [-0.25, -0.2) is 4.39 Å². The van der Waals surface area contributed by atoms with Crippen LogP contribution in [0.2, 0.25) is 0 Å². The summed E-state index contributed by atoms with van der Waals surface area (Å²) < 4.78 is 54.9. The number of Topliss-reactive ketones (excluding diaryl/α,β-unsaturated/α-hetero) is 1. The molecule has 0 aromatic heterocycles. The second-order valence-corrected chi connectivity index (χ2v) is 7.89. The van der Waals surface area contributed by atoms with Crippen molar-refractivity contribution in [2.75, 3.05) is 14.2 Å². The molecule has 0 fully saturated rings. The van der Waals surface area contributed by atoms with E-state index in [1.807, 2.05) is 13.8 Å². The normalized spacial score (nSPS) is 16.2. The van der Waals surface area contributed by atoms with Gasteiger partial charge >= 0.3 is 10.1 Å². The average molecular weight is 394 g/mol. The molecule has 144 valence electrons. The number of carbonyl (C=O) groups excluding carboxylic acids is 1.